The average molecular weight is 222 g/mol. The van der Waals surface area contributed by atoms with Crippen LogP contribution in [0.5, 0.6) is 0 Å². The van der Waals surface area contributed by atoms with Gasteiger partial charge in [-0.2, -0.15) is 0 Å². The van der Waals surface area contributed by atoms with E-state index in [2.05, 4.69) is 20.9 Å². The van der Waals surface area contributed by atoms with E-state index in [-0.39, 0.29) is 5.69 Å². The number of aromatic nitrogens is 1. The number of alkyl halides is 2. The molecule has 1 heterocycles. The third-order valence-corrected chi connectivity index (χ3v) is 2.12. The summed E-state index contributed by atoms with van der Waals surface area (Å²) in [4.78, 5) is 3.54. The Balaban J connectivity index is 3.05. The van der Waals surface area contributed by atoms with Crippen LogP contribution in [0, 0.1) is 6.92 Å². The minimum Gasteiger partial charge on any atom is -0.254 e. The number of aryl methyl sites for hydroxylation is 1. The lowest BCUT2D eigenvalue weighted by atomic mass is 10.2. The van der Waals surface area contributed by atoms with Crippen molar-refractivity contribution < 1.29 is 8.78 Å². The van der Waals surface area contributed by atoms with Crippen molar-refractivity contribution in [3.63, 3.8) is 0 Å². The first-order valence-electron chi connectivity index (χ1n) is 3.01. The maximum Gasteiger partial charge on any atom is 0.280 e. The zero-order valence-electron chi connectivity index (χ0n) is 5.81. The normalized spacial score (nSPS) is 10.6. The first kappa shape index (κ1) is 8.59. The zero-order chi connectivity index (χ0) is 8.43. The van der Waals surface area contributed by atoms with Crippen LogP contribution in [0.2, 0.25) is 0 Å². The summed E-state index contributed by atoms with van der Waals surface area (Å²) < 4.78 is 24.8. The van der Waals surface area contributed by atoms with Crippen LogP contribution in [-0.4, -0.2) is 4.98 Å². The van der Waals surface area contributed by atoms with Gasteiger partial charge in [-0.3, -0.25) is 4.98 Å². The van der Waals surface area contributed by atoms with Gasteiger partial charge in [0.1, 0.15) is 5.69 Å². The molecule has 0 aliphatic rings. The Kier molecular flexibility index (Phi) is 2.54. The van der Waals surface area contributed by atoms with Gasteiger partial charge in [-0.15, -0.1) is 0 Å². The number of pyridine rings is 1. The second-order valence-electron chi connectivity index (χ2n) is 2.16. The number of rotatable bonds is 1. The van der Waals surface area contributed by atoms with Gasteiger partial charge in [0.2, 0.25) is 0 Å². The molecule has 1 nitrogen and oxygen atoms in total. The summed E-state index contributed by atoms with van der Waals surface area (Å²) in [6, 6.07) is 1.37. The van der Waals surface area contributed by atoms with E-state index in [1.165, 1.54) is 12.3 Å². The van der Waals surface area contributed by atoms with Gasteiger partial charge in [0.05, 0.1) is 0 Å². The first-order valence-corrected chi connectivity index (χ1v) is 3.80. The number of hydrogen-bond acceptors (Lipinski definition) is 1. The molecule has 0 N–H and O–H groups in total. The average Bonchev–Trinajstić information content (AvgIpc) is 1.94. The lowest BCUT2D eigenvalue weighted by Crippen LogP contribution is -1.90. The highest BCUT2D eigenvalue weighted by molar-refractivity contribution is 9.10. The standard InChI is InChI=1S/C7H6BrF2N/c1-4-2-6(7(9)10)11-3-5(4)8/h2-3,7H,1H3. The van der Waals surface area contributed by atoms with Crippen molar-refractivity contribution in [3.05, 3.63) is 28.0 Å². The van der Waals surface area contributed by atoms with Crippen LogP contribution in [0.3, 0.4) is 0 Å². The Morgan fingerprint density at radius 2 is 2.18 bits per heavy atom. The van der Waals surface area contributed by atoms with Crippen molar-refractivity contribution in [1.29, 1.82) is 0 Å². The molecule has 1 aromatic rings. The summed E-state index contributed by atoms with van der Waals surface area (Å²) >= 11 is 3.17. The molecule has 0 unspecified atom stereocenters. The molecule has 0 amide bonds. The van der Waals surface area contributed by atoms with Crippen LogP contribution in [0.4, 0.5) is 8.78 Å². The summed E-state index contributed by atoms with van der Waals surface area (Å²) in [5.41, 5.74) is 0.598. The Morgan fingerprint density at radius 3 is 2.64 bits per heavy atom. The van der Waals surface area contributed by atoms with E-state index in [0.29, 0.717) is 0 Å². The Morgan fingerprint density at radius 1 is 1.55 bits per heavy atom. The fraction of sp³-hybridized carbons (Fsp3) is 0.286. The maximum absolute atomic E-state index is 12.0. The third-order valence-electron chi connectivity index (χ3n) is 1.29. The Hall–Kier alpha value is -0.510. The van der Waals surface area contributed by atoms with Crippen LogP contribution in [0.15, 0.2) is 16.7 Å². The molecule has 0 aliphatic heterocycles. The second kappa shape index (κ2) is 3.26. The quantitative estimate of drug-likeness (QED) is 0.711. The molecule has 0 atom stereocenters. The van der Waals surface area contributed by atoms with E-state index in [0.717, 1.165) is 10.0 Å². The van der Waals surface area contributed by atoms with Gasteiger partial charge in [0.25, 0.3) is 6.43 Å². The van der Waals surface area contributed by atoms with Crippen molar-refractivity contribution in [3.8, 4) is 0 Å². The summed E-state index contributed by atoms with van der Waals surface area (Å²) in [5, 5.41) is 0. The molecule has 0 aromatic carbocycles. The summed E-state index contributed by atoms with van der Waals surface area (Å²) in [7, 11) is 0. The monoisotopic (exact) mass is 221 g/mol. The van der Waals surface area contributed by atoms with Gasteiger partial charge >= 0.3 is 0 Å². The molecule has 1 rings (SSSR count). The van der Waals surface area contributed by atoms with Gasteiger partial charge < -0.3 is 0 Å². The molecule has 1 aromatic heterocycles. The second-order valence-corrected chi connectivity index (χ2v) is 3.01. The Bertz CT molecular complexity index is 263. The molecule has 0 fully saturated rings. The van der Waals surface area contributed by atoms with Crippen LogP contribution in [-0.2, 0) is 0 Å². The molecule has 0 saturated carbocycles. The topological polar surface area (TPSA) is 12.9 Å². The van der Waals surface area contributed by atoms with Crippen LogP contribution >= 0.6 is 15.9 Å². The van der Waals surface area contributed by atoms with Crippen molar-refractivity contribution in [2.24, 2.45) is 0 Å². The van der Waals surface area contributed by atoms with Crippen LogP contribution in [0.25, 0.3) is 0 Å². The van der Waals surface area contributed by atoms with Gasteiger partial charge in [0, 0.05) is 10.7 Å². The molecule has 4 heteroatoms. The van der Waals surface area contributed by atoms with E-state index >= 15 is 0 Å². The smallest absolute Gasteiger partial charge is 0.254 e. The molecular weight excluding hydrogens is 216 g/mol. The van der Waals surface area contributed by atoms with Gasteiger partial charge in [-0.1, -0.05) is 0 Å². The van der Waals surface area contributed by atoms with E-state index < -0.39 is 6.43 Å². The van der Waals surface area contributed by atoms with Crippen LogP contribution in [0.1, 0.15) is 17.7 Å². The highest BCUT2D eigenvalue weighted by Gasteiger charge is 2.08. The molecule has 0 aliphatic carbocycles. The molecule has 0 bridgehead atoms. The third kappa shape index (κ3) is 1.96. The predicted octanol–water partition coefficient (Wildman–Crippen LogP) is 3.09. The number of hydrogen-bond donors (Lipinski definition) is 0. The maximum atomic E-state index is 12.0. The predicted molar refractivity (Wildman–Crippen MR) is 41.6 cm³/mol. The summed E-state index contributed by atoms with van der Waals surface area (Å²) in [5.74, 6) is 0. The zero-order valence-corrected chi connectivity index (χ0v) is 7.40. The molecule has 11 heavy (non-hydrogen) atoms. The Labute approximate surface area is 71.6 Å². The summed E-state index contributed by atoms with van der Waals surface area (Å²) in [6.45, 7) is 1.75. The molecule has 60 valence electrons. The van der Waals surface area contributed by atoms with Crippen LogP contribution < -0.4 is 0 Å². The van der Waals surface area contributed by atoms with Crippen molar-refractivity contribution in [2.75, 3.05) is 0 Å². The summed E-state index contributed by atoms with van der Waals surface area (Å²) in [6.07, 6.45) is -1.10. The van der Waals surface area contributed by atoms with Gasteiger partial charge in [-0.25, -0.2) is 8.78 Å². The molecule has 0 spiro atoms. The van der Waals surface area contributed by atoms with E-state index in [9.17, 15) is 8.78 Å². The van der Waals surface area contributed by atoms with Gasteiger partial charge in [-0.05, 0) is 34.5 Å². The minimum absolute atomic E-state index is 0.175. The van der Waals surface area contributed by atoms with E-state index in [1.54, 1.807) is 6.92 Å². The first-order chi connectivity index (χ1) is 5.11. The van der Waals surface area contributed by atoms with Crippen molar-refractivity contribution >= 4 is 15.9 Å². The highest BCUT2D eigenvalue weighted by atomic mass is 79.9. The lowest BCUT2D eigenvalue weighted by molar-refractivity contribution is 0.146. The van der Waals surface area contributed by atoms with Gasteiger partial charge in [0.15, 0.2) is 0 Å². The van der Waals surface area contributed by atoms with E-state index in [1.807, 2.05) is 0 Å². The number of halogens is 3. The van der Waals surface area contributed by atoms with E-state index in [4.69, 9.17) is 0 Å². The fourth-order valence-corrected chi connectivity index (χ4v) is 0.897. The molecular formula is C7H6BrF2N. The molecule has 0 radical (unpaired) electrons. The van der Waals surface area contributed by atoms with Crippen molar-refractivity contribution in [2.45, 2.75) is 13.3 Å². The van der Waals surface area contributed by atoms with Crippen molar-refractivity contribution in [1.82, 2.24) is 4.98 Å². The number of nitrogens with zero attached hydrogens (tertiary/aromatic N) is 1. The lowest BCUT2D eigenvalue weighted by Gasteiger charge is -2.00. The molecule has 0 saturated heterocycles. The highest BCUT2D eigenvalue weighted by Crippen LogP contribution is 2.21. The fourth-order valence-electron chi connectivity index (χ4n) is 0.680. The largest absolute Gasteiger partial charge is 0.280 e. The minimum atomic E-state index is -2.48. The SMILES string of the molecule is Cc1cc(C(F)F)ncc1Br.